The third-order valence-electron chi connectivity index (χ3n) is 5.70. The molecule has 0 aromatic heterocycles. The lowest BCUT2D eigenvalue weighted by Crippen LogP contribution is -2.86. The van der Waals surface area contributed by atoms with E-state index in [1.807, 2.05) is 0 Å². The van der Waals surface area contributed by atoms with Crippen LogP contribution in [0.15, 0.2) is 12.2 Å². The Hall–Kier alpha value is -0.0649. The first kappa shape index (κ1) is 29.4. The Bertz CT molecular complexity index is 953. The van der Waals surface area contributed by atoms with Crippen LogP contribution in [0, 0.1) is 0 Å². The molecule has 0 aliphatic carbocycles. The Balaban J connectivity index is 1.52. The minimum absolute atomic E-state index is 0.179. The third kappa shape index (κ3) is 6.08. The van der Waals surface area contributed by atoms with Crippen LogP contribution in [0.5, 0.6) is 0 Å². The highest BCUT2D eigenvalue weighted by Crippen LogP contribution is 2.48. The maximum absolute atomic E-state index is 11.9. The monoisotopic (exact) mass is 677 g/mol. The summed E-state index contributed by atoms with van der Waals surface area (Å²) in [5.41, 5.74) is 0. The molecule has 6 saturated heterocycles. The van der Waals surface area contributed by atoms with Gasteiger partial charge in [0, 0.05) is 70.6 Å². The Labute approximate surface area is 228 Å². The van der Waals surface area contributed by atoms with Crippen LogP contribution in [0.2, 0.25) is 51.9 Å². The summed E-state index contributed by atoms with van der Waals surface area (Å²) in [5.74, 6) is -1.78. The van der Waals surface area contributed by atoms with E-state index in [2.05, 4.69) is 5.32 Å². The second-order valence-corrected chi connectivity index (χ2v) is 33.7. The minimum atomic E-state index is -3.81. The standard InChI is InChI=1S/C14H31NO15Si8/c1-31-19-32(2)22-35(5)24-33(3,20-31)26-37(7)27-34(4,21-31)25-36(6,23-32)29-38(28-35,30-37)12-8-11-15-13(16)9-10-14(17)18/h9-10H,8,11-12H2,1-7H3,(H,15,16)(H,17,18)/b10-9-. The molecule has 6 aliphatic heterocycles. The van der Waals surface area contributed by atoms with Gasteiger partial charge in [-0.25, -0.2) is 4.79 Å². The zero-order valence-electron chi connectivity index (χ0n) is 21.9. The van der Waals surface area contributed by atoms with Gasteiger partial charge in [-0.1, -0.05) is 0 Å². The lowest BCUT2D eigenvalue weighted by molar-refractivity contribution is -0.131. The Morgan fingerprint density at radius 1 is 0.579 bits per heavy atom. The molecule has 24 heteroatoms. The topological polar surface area (TPSA) is 177 Å². The summed E-state index contributed by atoms with van der Waals surface area (Å²) in [7, 11) is -29.1. The zero-order chi connectivity index (χ0) is 27.9. The van der Waals surface area contributed by atoms with Gasteiger partial charge in [0.05, 0.1) is 0 Å². The van der Waals surface area contributed by atoms with Crippen LogP contribution in [-0.2, 0) is 59.0 Å². The van der Waals surface area contributed by atoms with Crippen LogP contribution in [-0.4, -0.2) is 94.0 Å². The number of carbonyl (C=O) groups is 2. The Morgan fingerprint density at radius 2 is 0.895 bits per heavy atom. The van der Waals surface area contributed by atoms with Crippen LogP contribution in [0.25, 0.3) is 0 Å². The van der Waals surface area contributed by atoms with Crippen molar-refractivity contribution in [3.63, 3.8) is 0 Å². The molecular weight excluding hydrogens is 647 g/mol. The molecule has 16 nitrogen and oxygen atoms in total. The van der Waals surface area contributed by atoms with Gasteiger partial charge in [0.1, 0.15) is 0 Å². The fourth-order valence-corrected chi connectivity index (χ4v) is 51.1. The van der Waals surface area contributed by atoms with Gasteiger partial charge >= 0.3 is 76.4 Å². The molecule has 6 heterocycles. The number of hydrogen-bond donors (Lipinski definition) is 2. The van der Waals surface area contributed by atoms with Gasteiger partial charge < -0.3 is 59.8 Å². The fourth-order valence-electron chi connectivity index (χ4n) is 5.25. The molecule has 0 aromatic rings. The van der Waals surface area contributed by atoms with Gasteiger partial charge in [0.15, 0.2) is 0 Å². The van der Waals surface area contributed by atoms with Crippen molar-refractivity contribution in [1.29, 1.82) is 0 Å². The molecule has 0 unspecified atom stereocenters. The highest BCUT2D eigenvalue weighted by molar-refractivity contribution is 7.02. The minimum Gasteiger partial charge on any atom is -0.478 e. The van der Waals surface area contributed by atoms with Crippen LogP contribution in [0.1, 0.15) is 6.42 Å². The van der Waals surface area contributed by atoms with Crippen molar-refractivity contribution in [2.45, 2.75) is 58.3 Å². The largest absolute Gasteiger partial charge is 0.478 e. The molecule has 6 rings (SSSR count). The number of nitrogens with one attached hydrogen (secondary N) is 1. The smallest absolute Gasteiger partial charge is 0.478 e. The number of aliphatic carboxylic acids is 1. The maximum Gasteiger partial charge on any atom is 0.478 e. The molecule has 0 spiro atoms. The van der Waals surface area contributed by atoms with E-state index in [1.165, 1.54) is 0 Å². The summed E-state index contributed by atoms with van der Waals surface area (Å²) in [5, 5.41) is 11.3. The lowest BCUT2D eigenvalue weighted by atomic mass is 10.4. The van der Waals surface area contributed by atoms with Crippen molar-refractivity contribution in [3.8, 4) is 0 Å². The second-order valence-electron chi connectivity index (χ2n) is 10.0. The van der Waals surface area contributed by atoms with Crippen molar-refractivity contribution in [1.82, 2.24) is 5.32 Å². The molecule has 0 radical (unpaired) electrons. The van der Waals surface area contributed by atoms with Crippen LogP contribution < -0.4 is 5.32 Å². The predicted molar refractivity (Wildman–Crippen MR) is 139 cm³/mol. The molecule has 0 saturated carbocycles. The molecule has 8 bridgehead atoms. The number of carbonyl (C=O) groups excluding carboxylic acids is 1. The summed E-state index contributed by atoms with van der Waals surface area (Å²) >= 11 is 0. The van der Waals surface area contributed by atoms with E-state index in [0.29, 0.717) is 6.42 Å². The third-order valence-corrected chi connectivity index (χ3v) is 41.5. The number of carboxylic acids is 1. The molecule has 0 atom stereocenters. The van der Waals surface area contributed by atoms with Crippen molar-refractivity contribution < 1.29 is 64.1 Å². The maximum atomic E-state index is 11.9. The lowest BCUT2D eigenvalue weighted by Gasteiger charge is -2.60. The van der Waals surface area contributed by atoms with Crippen LogP contribution in [0.3, 0.4) is 0 Å². The molecule has 214 valence electrons. The zero-order valence-corrected chi connectivity index (χ0v) is 29.9. The average molecular weight is 678 g/mol. The number of hydrogen-bond acceptors (Lipinski definition) is 14. The van der Waals surface area contributed by atoms with E-state index >= 15 is 0 Å². The summed E-state index contributed by atoms with van der Waals surface area (Å²) in [6.07, 6.45) is 2.03. The summed E-state index contributed by atoms with van der Waals surface area (Å²) < 4.78 is 78.5. The highest BCUT2D eigenvalue weighted by Gasteiger charge is 2.78. The second kappa shape index (κ2) is 9.22. The van der Waals surface area contributed by atoms with E-state index in [1.54, 1.807) is 45.8 Å². The molecule has 0 aromatic carbocycles. The van der Waals surface area contributed by atoms with Gasteiger partial charge in [0.25, 0.3) is 0 Å². The van der Waals surface area contributed by atoms with Gasteiger partial charge in [-0.3, -0.25) is 4.79 Å². The van der Waals surface area contributed by atoms with Crippen molar-refractivity contribution >= 4 is 82.3 Å². The van der Waals surface area contributed by atoms with Gasteiger partial charge in [-0.15, -0.1) is 0 Å². The van der Waals surface area contributed by atoms with E-state index in [-0.39, 0.29) is 12.6 Å². The molecule has 6 aliphatic rings. The predicted octanol–water partition coefficient (Wildman–Crippen LogP) is 0.321. The first-order valence-corrected chi connectivity index (χ1v) is 29.4. The van der Waals surface area contributed by atoms with Gasteiger partial charge in [-0.05, 0) is 6.42 Å². The summed E-state index contributed by atoms with van der Waals surface area (Å²) in [4.78, 5) is 22.6. The summed E-state index contributed by atoms with van der Waals surface area (Å²) in [6.45, 7) is 12.0. The number of carboxylic acid groups (broad SMARTS) is 1. The first-order chi connectivity index (χ1) is 17.3. The molecule has 38 heavy (non-hydrogen) atoms. The van der Waals surface area contributed by atoms with Crippen molar-refractivity contribution in [2.24, 2.45) is 0 Å². The Kier molecular flexibility index (Phi) is 7.14. The summed E-state index contributed by atoms with van der Waals surface area (Å²) in [6, 6.07) is 0.194. The van der Waals surface area contributed by atoms with Crippen LogP contribution >= 0.6 is 0 Å². The van der Waals surface area contributed by atoms with E-state index in [0.717, 1.165) is 12.2 Å². The van der Waals surface area contributed by atoms with E-state index < -0.39 is 82.3 Å². The fraction of sp³-hybridized carbons (Fsp3) is 0.714. The SMILES string of the molecule is C[Si]12O[Si]3(C)O[Si]4(C)O[Si](C)(O1)O[Si]1(C)O[Si](C)(O2)O[Si](C)(O3)O[Si](CCCNC(=O)/C=C\C(=O)O)(O4)O1. The van der Waals surface area contributed by atoms with Gasteiger partial charge in [-0.2, -0.15) is 0 Å². The molecular formula is C14H31NO15Si8. The van der Waals surface area contributed by atoms with E-state index in [4.69, 9.17) is 54.5 Å². The Morgan fingerprint density at radius 3 is 1.21 bits per heavy atom. The van der Waals surface area contributed by atoms with Gasteiger partial charge in [0.2, 0.25) is 5.91 Å². The number of rotatable bonds is 6. The van der Waals surface area contributed by atoms with E-state index in [9.17, 15) is 9.59 Å². The van der Waals surface area contributed by atoms with Crippen molar-refractivity contribution in [2.75, 3.05) is 6.54 Å². The van der Waals surface area contributed by atoms with Crippen LogP contribution in [0.4, 0.5) is 0 Å². The molecule has 6 fully saturated rings. The van der Waals surface area contributed by atoms with Crippen molar-refractivity contribution in [3.05, 3.63) is 12.2 Å². The number of amides is 1. The first-order valence-electron chi connectivity index (χ1n) is 11.9. The molecule has 1 amide bonds. The highest BCUT2D eigenvalue weighted by atomic mass is 28.6. The normalized spacial score (nSPS) is 51.7. The quantitative estimate of drug-likeness (QED) is 0.223. The average Bonchev–Trinajstić information content (AvgIpc) is 2.61. The molecule has 2 N–H and O–H groups in total.